The number of halogens is 1. The molecule has 5 nitrogen and oxygen atoms in total. The Labute approximate surface area is 154 Å². The van der Waals surface area contributed by atoms with Crippen LogP contribution >= 0.6 is 24.0 Å². The molecule has 0 spiro atoms. The molecule has 0 unspecified atom stereocenters. The van der Waals surface area contributed by atoms with Crippen LogP contribution in [0.2, 0.25) is 0 Å². The second-order valence-corrected chi connectivity index (χ2v) is 6.34. The van der Waals surface area contributed by atoms with Gasteiger partial charge in [-0.2, -0.15) is 0 Å². The number of aliphatic imine (C=N–C) groups is 1. The van der Waals surface area contributed by atoms with Crippen molar-refractivity contribution in [1.82, 2.24) is 14.5 Å². The Hall–Kier alpha value is -1.31. The number of piperidine rings is 1. The van der Waals surface area contributed by atoms with Gasteiger partial charge in [-0.3, -0.25) is 0 Å². The summed E-state index contributed by atoms with van der Waals surface area (Å²) in [6, 6.07) is 8.96. The monoisotopic (exact) mass is 425 g/mol. The third-order valence-corrected chi connectivity index (χ3v) is 4.64. The molecule has 0 atom stereocenters. The highest BCUT2D eigenvalue weighted by atomic mass is 127. The molecule has 2 heterocycles. The molecule has 2 aliphatic rings. The van der Waals surface area contributed by atoms with Crippen LogP contribution in [0, 0.1) is 0 Å². The Morgan fingerprint density at radius 2 is 1.91 bits per heavy atom. The number of para-hydroxylation sites is 2. The largest absolute Gasteiger partial charge is 0.370 e. The van der Waals surface area contributed by atoms with Crippen LogP contribution in [0.5, 0.6) is 0 Å². The van der Waals surface area contributed by atoms with Gasteiger partial charge in [-0.25, -0.2) is 9.98 Å². The van der Waals surface area contributed by atoms with E-state index in [1.165, 1.54) is 37.6 Å². The van der Waals surface area contributed by atoms with Crippen LogP contribution in [0.1, 0.15) is 44.0 Å². The lowest BCUT2D eigenvalue weighted by Crippen LogP contribution is -2.40. The quantitative estimate of drug-likeness (QED) is 0.467. The Bertz CT molecular complexity index is 698. The molecule has 0 bridgehead atoms. The summed E-state index contributed by atoms with van der Waals surface area (Å²) in [4.78, 5) is 11.6. The minimum atomic E-state index is 0. The van der Waals surface area contributed by atoms with Gasteiger partial charge in [0.15, 0.2) is 5.96 Å². The predicted molar refractivity (Wildman–Crippen MR) is 104 cm³/mol. The Balaban J connectivity index is 0.00000156. The molecule has 1 saturated carbocycles. The van der Waals surface area contributed by atoms with E-state index in [4.69, 9.17) is 10.7 Å². The number of nitrogens with two attached hydrogens (primary N) is 1. The maximum absolute atomic E-state index is 6.17. The van der Waals surface area contributed by atoms with Crippen molar-refractivity contribution in [2.75, 3.05) is 13.1 Å². The zero-order chi connectivity index (χ0) is 14.9. The molecular formula is C17H24IN5. The Morgan fingerprint density at radius 3 is 2.65 bits per heavy atom. The van der Waals surface area contributed by atoms with Crippen LogP contribution in [0.15, 0.2) is 29.3 Å². The van der Waals surface area contributed by atoms with Crippen molar-refractivity contribution in [3.63, 3.8) is 0 Å². The molecule has 2 N–H and O–H groups in total. The number of aromatic nitrogens is 2. The molecule has 1 aromatic carbocycles. The third-order valence-electron chi connectivity index (χ3n) is 4.64. The summed E-state index contributed by atoms with van der Waals surface area (Å²) in [6.07, 6.45) is 6.24. The first kappa shape index (κ1) is 16.5. The molecule has 1 aliphatic heterocycles. The molecule has 0 amide bonds. The van der Waals surface area contributed by atoms with Crippen molar-refractivity contribution in [1.29, 1.82) is 0 Å². The minimum Gasteiger partial charge on any atom is -0.370 e. The third kappa shape index (κ3) is 3.46. The highest BCUT2D eigenvalue weighted by molar-refractivity contribution is 14.0. The Kier molecular flexibility index (Phi) is 5.08. The average molecular weight is 425 g/mol. The van der Waals surface area contributed by atoms with Crippen LogP contribution in [0.25, 0.3) is 11.0 Å². The molecule has 4 rings (SSSR count). The zero-order valence-corrected chi connectivity index (χ0v) is 15.6. The standard InChI is InChI=1S/C17H23N5.HI/c18-17(21-10-4-1-5-11-21)19-12-16-20-14-6-2-3-7-15(14)22(16)13-8-9-13;/h2-3,6-7,13H,1,4-5,8-12H2,(H2,18,19);1H. The number of benzene rings is 1. The second-order valence-electron chi connectivity index (χ2n) is 6.34. The fourth-order valence-electron chi connectivity index (χ4n) is 3.32. The first-order chi connectivity index (χ1) is 10.8. The van der Waals surface area contributed by atoms with E-state index in [1.54, 1.807) is 0 Å². The molecule has 6 heteroatoms. The highest BCUT2D eigenvalue weighted by Crippen LogP contribution is 2.38. The molecule has 0 radical (unpaired) electrons. The fourth-order valence-corrected chi connectivity index (χ4v) is 3.32. The summed E-state index contributed by atoms with van der Waals surface area (Å²) in [5, 5.41) is 0. The van der Waals surface area contributed by atoms with Gasteiger partial charge in [0, 0.05) is 19.1 Å². The molecule has 1 aromatic heterocycles. The number of nitrogens with zero attached hydrogens (tertiary/aromatic N) is 4. The van der Waals surface area contributed by atoms with Gasteiger partial charge in [0.05, 0.1) is 11.0 Å². The first-order valence-corrected chi connectivity index (χ1v) is 8.33. The number of hydrogen-bond donors (Lipinski definition) is 1. The summed E-state index contributed by atoms with van der Waals surface area (Å²) >= 11 is 0. The van der Waals surface area contributed by atoms with Crippen LogP contribution in [0.4, 0.5) is 0 Å². The number of likely N-dealkylation sites (tertiary alicyclic amines) is 1. The van der Waals surface area contributed by atoms with E-state index in [0.717, 1.165) is 24.4 Å². The van der Waals surface area contributed by atoms with E-state index >= 15 is 0 Å². The van der Waals surface area contributed by atoms with Crippen molar-refractivity contribution < 1.29 is 0 Å². The van der Waals surface area contributed by atoms with Gasteiger partial charge in [0.25, 0.3) is 0 Å². The van der Waals surface area contributed by atoms with Crippen molar-refractivity contribution in [3.8, 4) is 0 Å². The fraction of sp³-hybridized carbons (Fsp3) is 0.529. The second kappa shape index (κ2) is 7.07. The molecule has 2 aromatic rings. The zero-order valence-electron chi connectivity index (χ0n) is 13.3. The summed E-state index contributed by atoms with van der Waals surface area (Å²) in [7, 11) is 0. The normalized spacial score (nSPS) is 19.0. The first-order valence-electron chi connectivity index (χ1n) is 8.33. The lowest BCUT2D eigenvalue weighted by atomic mass is 10.1. The van der Waals surface area contributed by atoms with E-state index < -0.39 is 0 Å². The van der Waals surface area contributed by atoms with Gasteiger partial charge in [0.2, 0.25) is 0 Å². The summed E-state index contributed by atoms with van der Waals surface area (Å²) in [6.45, 7) is 2.65. The summed E-state index contributed by atoms with van der Waals surface area (Å²) in [5.41, 5.74) is 8.47. The number of guanidine groups is 1. The molecule has 124 valence electrons. The lowest BCUT2D eigenvalue weighted by Gasteiger charge is -2.27. The summed E-state index contributed by atoms with van der Waals surface area (Å²) in [5.74, 6) is 1.72. The van der Waals surface area contributed by atoms with E-state index in [2.05, 4.69) is 32.7 Å². The van der Waals surface area contributed by atoms with E-state index in [-0.39, 0.29) is 24.0 Å². The number of rotatable bonds is 3. The molecular weight excluding hydrogens is 401 g/mol. The SMILES string of the molecule is I.NC(=NCc1nc2ccccc2n1C1CC1)N1CCCCC1. The van der Waals surface area contributed by atoms with Crippen LogP contribution in [0.3, 0.4) is 0 Å². The average Bonchev–Trinajstić information content (AvgIpc) is 3.33. The molecule has 1 aliphatic carbocycles. The van der Waals surface area contributed by atoms with E-state index in [9.17, 15) is 0 Å². The van der Waals surface area contributed by atoms with Crippen molar-refractivity contribution in [2.45, 2.75) is 44.7 Å². The van der Waals surface area contributed by atoms with Crippen LogP contribution in [-0.4, -0.2) is 33.5 Å². The van der Waals surface area contributed by atoms with Crippen LogP contribution in [-0.2, 0) is 6.54 Å². The maximum atomic E-state index is 6.17. The van der Waals surface area contributed by atoms with Crippen LogP contribution < -0.4 is 5.73 Å². The molecule has 2 fully saturated rings. The van der Waals surface area contributed by atoms with E-state index in [1.807, 2.05) is 6.07 Å². The van der Waals surface area contributed by atoms with Gasteiger partial charge in [-0.1, -0.05) is 12.1 Å². The molecule has 1 saturated heterocycles. The smallest absolute Gasteiger partial charge is 0.191 e. The van der Waals surface area contributed by atoms with Crippen molar-refractivity contribution in [2.24, 2.45) is 10.7 Å². The molecule has 23 heavy (non-hydrogen) atoms. The van der Waals surface area contributed by atoms with Gasteiger partial charge >= 0.3 is 0 Å². The number of fused-ring (bicyclic) bond motifs is 1. The number of hydrogen-bond acceptors (Lipinski definition) is 2. The Morgan fingerprint density at radius 1 is 1.17 bits per heavy atom. The van der Waals surface area contributed by atoms with Gasteiger partial charge in [0.1, 0.15) is 12.4 Å². The van der Waals surface area contributed by atoms with E-state index in [0.29, 0.717) is 18.5 Å². The highest BCUT2D eigenvalue weighted by Gasteiger charge is 2.28. The van der Waals surface area contributed by atoms with Crippen molar-refractivity contribution in [3.05, 3.63) is 30.1 Å². The van der Waals surface area contributed by atoms with Crippen molar-refractivity contribution >= 4 is 41.0 Å². The van der Waals surface area contributed by atoms with Gasteiger partial charge < -0.3 is 15.2 Å². The minimum absolute atomic E-state index is 0. The maximum Gasteiger partial charge on any atom is 0.191 e. The topological polar surface area (TPSA) is 59.4 Å². The van der Waals surface area contributed by atoms with Gasteiger partial charge in [-0.05, 0) is 44.2 Å². The van der Waals surface area contributed by atoms with Gasteiger partial charge in [-0.15, -0.1) is 24.0 Å². The number of imidazole rings is 1. The predicted octanol–water partition coefficient (Wildman–Crippen LogP) is 3.29. The lowest BCUT2D eigenvalue weighted by molar-refractivity contribution is 0.338. The summed E-state index contributed by atoms with van der Waals surface area (Å²) < 4.78 is 2.36.